The Hall–Kier alpha value is -4.80. The van der Waals surface area contributed by atoms with Gasteiger partial charge < -0.3 is 9.30 Å². The summed E-state index contributed by atoms with van der Waals surface area (Å²) in [5.41, 5.74) is 4.49. The van der Waals surface area contributed by atoms with E-state index >= 15 is 0 Å². The van der Waals surface area contributed by atoms with Crippen LogP contribution in [0.4, 0.5) is 0 Å². The van der Waals surface area contributed by atoms with Gasteiger partial charge in [-0.15, -0.1) is 10.2 Å². The Morgan fingerprint density at radius 1 is 1.08 bits per heavy atom. The number of benzene rings is 1. The third-order valence-corrected chi connectivity index (χ3v) is 6.79. The van der Waals surface area contributed by atoms with Crippen molar-refractivity contribution in [3.63, 3.8) is 0 Å². The van der Waals surface area contributed by atoms with Crippen molar-refractivity contribution < 1.29 is 9.53 Å². The minimum atomic E-state index is -0.487. The van der Waals surface area contributed by atoms with E-state index in [1.54, 1.807) is 33.8 Å². The number of esters is 1. The van der Waals surface area contributed by atoms with Crippen LogP contribution in [0.3, 0.4) is 0 Å². The second-order valence-electron chi connectivity index (χ2n) is 9.11. The fourth-order valence-corrected chi connectivity index (χ4v) is 4.84. The molecule has 0 radical (unpaired) electrons. The highest BCUT2D eigenvalue weighted by atomic mass is 16.5. The SMILES string of the molecule is CCCCc1cn(-c2c(C(=O)OC)ccn2CC)c(=O)n1Cc1cnccc1-c1ccccc1-c1nn[nH]n1. The van der Waals surface area contributed by atoms with Crippen LogP contribution in [0.5, 0.6) is 0 Å². The normalized spacial score (nSPS) is 11.2. The van der Waals surface area contributed by atoms with Crippen LogP contribution in [0, 0.1) is 0 Å². The molecule has 5 aromatic rings. The van der Waals surface area contributed by atoms with Gasteiger partial charge in [0.2, 0.25) is 5.82 Å². The van der Waals surface area contributed by atoms with E-state index in [4.69, 9.17) is 4.74 Å². The number of ether oxygens (including phenoxy) is 1. The van der Waals surface area contributed by atoms with E-state index in [0.29, 0.717) is 36.7 Å². The molecule has 4 aromatic heterocycles. The van der Waals surface area contributed by atoms with Crippen molar-refractivity contribution in [1.82, 2.24) is 39.3 Å². The molecule has 4 heterocycles. The van der Waals surface area contributed by atoms with Gasteiger partial charge in [0.05, 0.1) is 13.7 Å². The molecule has 0 aliphatic heterocycles. The van der Waals surface area contributed by atoms with E-state index in [1.807, 2.05) is 48.0 Å². The molecule has 5 rings (SSSR count). The molecule has 0 aliphatic rings. The maximum atomic E-state index is 14.0. The molecule has 1 N–H and O–H groups in total. The number of aromatic amines is 1. The van der Waals surface area contributed by atoms with Crippen LogP contribution in [0.15, 0.2) is 66.0 Å². The van der Waals surface area contributed by atoms with Gasteiger partial charge in [-0.05, 0) is 53.8 Å². The Bertz CT molecular complexity index is 1650. The highest BCUT2D eigenvalue weighted by molar-refractivity contribution is 5.93. The van der Waals surface area contributed by atoms with Crippen molar-refractivity contribution in [3.05, 3.63) is 88.5 Å². The van der Waals surface area contributed by atoms with E-state index in [-0.39, 0.29) is 5.69 Å². The fraction of sp³-hybridized carbons (Fsp3) is 0.286. The van der Waals surface area contributed by atoms with Crippen LogP contribution in [0.1, 0.15) is 48.3 Å². The largest absolute Gasteiger partial charge is 0.465 e. The number of imidazole rings is 1. The number of aryl methyl sites for hydroxylation is 2. The molecule has 0 fully saturated rings. The lowest BCUT2D eigenvalue weighted by atomic mass is 9.96. The lowest BCUT2D eigenvalue weighted by Gasteiger charge is -2.14. The van der Waals surface area contributed by atoms with E-state index in [2.05, 4.69) is 32.5 Å². The topological polar surface area (TPSA) is 126 Å². The smallest absolute Gasteiger partial charge is 0.341 e. The molecule has 11 heteroatoms. The summed E-state index contributed by atoms with van der Waals surface area (Å²) < 4.78 is 10.2. The number of unbranched alkanes of at least 4 members (excludes halogenated alkanes) is 1. The number of carbonyl (C=O) groups is 1. The molecular weight excluding hydrogens is 496 g/mol. The van der Waals surface area contributed by atoms with Gasteiger partial charge in [-0.3, -0.25) is 14.1 Å². The molecule has 0 spiro atoms. The summed E-state index contributed by atoms with van der Waals surface area (Å²) in [6.07, 6.45) is 9.77. The van der Waals surface area contributed by atoms with E-state index in [9.17, 15) is 9.59 Å². The maximum absolute atomic E-state index is 14.0. The summed E-state index contributed by atoms with van der Waals surface area (Å²) in [5, 5.41) is 14.6. The molecular formula is C28H30N8O3. The van der Waals surface area contributed by atoms with Crippen molar-refractivity contribution in [2.75, 3.05) is 7.11 Å². The lowest BCUT2D eigenvalue weighted by molar-refractivity contribution is 0.0600. The van der Waals surface area contributed by atoms with Crippen LogP contribution >= 0.6 is 0 Å². The van der Waals surface area contributed by atoms with Crippen LogP contribution in [0.2, 0.25) is 0 Å². The molecule has 0 aliphatic carbocycles. The van der Waals surface area contributed by atoms with Gasteiger partial charge in [0.1, 0.15) is 11.4 Å². The summed E-state index contributed by atoms with van der Waals surface area (Å²) in [5.74, 6) is 0.496. The lowest BCUT2D eigenvalue weighted by Crippen LogP contribution is -2.27. The third kappa shape index (κ3) is 4.90. The second kappa shape index (κ2) is 11.3. The number of hydrogen-bond donors (Lipinski definition) is 1. The highest BCUT2D eigenvalue weighted by Gasteiger charge is 2.23. The quantitative estimate of drug-likeness (QED) is 0.274. The van der Waals surface area contributed by atoms with E-state index in [1.165, 1.54) is 7.11 Å². The zero-order chi connectivity index (χ0) is 27.4. The van der Waals surface area contributed by atoms with Crippen molar-refractivity contribution >= 4 is 5.97 Å². The molecule has 0 saturated heterocycles. The molecule has 0 bridgehead atoms. The Kier molecular flexibility index (Phi) is 7.48. The standard InChI is InChI=1S/C28H30N8O3/c1-4-6-9-20-18-36(26-24(27(37)39-3)13-15-34(26)5-2)28(38)35(20)17-19-16-29-14-12-21(19)22-10-7-8-11-23(22)25-30-32-33-31-25/h7-8,10-16,18H,4-6,9,17H2,1-3H3,(H,30,31,32,33). The van der Waals surface area contributed by atoms with Gasteiger partial charge >= 0.3 is 11.7 Å². The van der Waals surface area contributed by atoms with Crippen LogP contribution in [-0.2, 0) is 24.2 Å². The zero-order valence-electron chi connectivity index (χ0n) is 22.2. The van der Waals surface area contributed by atoms with Crippen LogP contribution < -0.4 is 5.69 Å². The summed E-state index contributed by atoms with van der Waals surface area (Å²) in [7, 11) is 1.34. The Labute approximate surface area is 225 Å². The number of aromatic nitrogens is 8. The summed E-state index contributed by atoms with van der Waals surface area (Å²) >= 11 is 0. The average molecular weight is 527 g/mol. The number of methoxy groups -OCH3 is 1. The van der Waals surface area contributed by atoms with Gasteiger partial charge in [0.25, 0.3) is 0 Å². The van der Waals surface area contributed by atoms with Gasteiger partial charge in [0, 0.05) is 42.6 Å². The first-order valence-corrected chi connectivity index (χ1v) is 12.9. The van der Waals surface area contributed by atoms with E-state index in [0.717, 1.165) is 40.8 Å². The minimum absolute atomic E-state index is 0.235. The molecule has 200 valence electrons. The van der Waals surface area contributed by atoms with Crippen LogP contribution in [-0.4, -0.2) is 52.4 Å². The van der Waals surface area contributed by atoms with Crippen molar-refractivity contribution in [1.29, 1.82) is 0 Å². The molecule has 1 aromatic carbocycles. The molecule has 0 saturated carbocycles. The Morgan fingerprint density at radius 3 is 2.62 bits per heavy atom. The third-order valence-electron chi connectivity index (χ3n) is 6.79. The number of rotatable bonds is 10. The molecule has 0 atom stereocenters. The van der Waals surface area contributed by atoms with Gasteiger partial charge in [-0.1, -0.05) is 37.6 Å². The molecule has 39 heavy (non-hydrogen) atoms. The summed E-state index contributed by atoms with van der Waals surface area (Å²) in [6.45, 7) is 4.97. The molecule has 0 amide bonds. The van der Waals surface area contributed by atoms with Gasteiger partial charge in [-0.25, -0.2) is 9.59 Å². The fourth-order valence-electron chi connectivity index (χ4n) is 4.84. The van der Waals surface area contributed by atoms with Crippen LogP contribution in [0.25, 0.3) is 28.3 Å². The summed E-state index contributed by atoms with van der Waals surface area (Å²) in [6, 6.07) is 11.4. The minimum Gasteiger partial charge on any atom is -0.465 e. The molecule has 0 unspecified atom stereocenters. The van der Waals surface area contributed by atoms with Gasteiger partial charge in [-0.2, -0.15) is 5.21 Å². The zero-order valence-corrected chi connectivity index (χ0v) is 22.2. The molecule has 11 nitrogen and oxygen atoms in total. The van der Waals surface area contributed by atoms with Crippen molar-refractivity contribution in [2.45, 2.75) is 46.2 Å². The predicted octanol–water partition coefficient (Wildman–Crippen LogP) is 3.88. The van der Waals surface area contributed by atoms with Crippen molar-refractivity contribution in [3.8, 4) is 28.3 Å². The van der Waals surface area contributed by atoms with Gasteiger partial charge in [0.15, 0.2) is 0 Å². The first-order chi connectivity index (χ1) is 19.1. The predicted molar refractivity (Wildman–Crippen MR) is 146 cm³/mol. The first-order valence-electron chi connectivity index (χ1n) is 12.9. The monoisotopic (exact) mass is 526 g/mol. The average Bonchev–Trinajstić information content (AvgIpc) is 3.72. The number of pyridine rings is 1. The number of nitrogens with zero attached hydrogens (tertiary/aromatic N) is 7. The maximum Gasteiger partial charge on any atom is 0.341 e. The summed E-state index contributed by atoms with van der Waals surface area (Å²) in [4.78, 5) is 30.9. The number of H-pyrrole nitrogens is 1. The number of nitrogens with one attached hydrogen (secondary N) is 1. The first kappa shape index (κ1) is 25.8. The Balaban J connectivity index is 1.64. The highest BCUT2D eigenvalue weighted by Crippen LogP contribution is 2.32. The number of tetrazole rings is 1. The second-order valence-corrected chi connectivity index (χ2v) is 9.11. The van der Waals surface area contributed by atoms with E-state index < -0.39 is 5.97 Å². The van der Waals surface area contributed by atoms with Crippen molar-refractivity contribution in [2.24, 2.45) is 0 Å². The Morgan fingerprint density at radius 2 is 1.90 bits per heavy atom. The number of hydrogen-bond acceptors (Lipinski definition) is 7. The number of carbonyl (C=O) groups excluding carboxylic acids is 1.